The summed E-state index contributed by atoms with van der Waals surface area (Å²) in [6.45, 7) is 2.75. The van der Waals surface area contributed by atoms with Crippen LogP contribution in [0.4, 0.5) is 0 Å². The molecule has 0 bridgehead atoms. The Morgan fingerprint density at radius 1 is 1.30 bits per heavy atom. The molecule has 0 radical (unpaired) electrons. The first kappa shape index (κ1) is 17.2. The molecule has 0 saturated heterocycles. The fraction of sp³-hybridized carbons (Fsp3) is 0.300. The van der Waals surface area contributed by atoms with E-state index in [2.05, 4.69) is 9.97 Å². The smallest absolute Gasteiger partial charge is 0.260 e. The van der Waals surface area contributed by atoms with Crippen LogP contribution in [0.2, 0.25) is 0 Å². The van der Waals surface area contributed by atoms with Crippen molar-refractivity contribution in [2.24, 2.45) is 0 Å². The van der Waals surface area contributed by atoms with Gasteiger partial charge in [0.25, 0.3) is 5.91 Å². The Morgan fingerprint density at radius 3 is 2.93 bits per heavy atom. The third kappa shape index (κ3) is 3.28. The van der Waals surface area contributed by atoms with Gasteiger partial charge < -0.3 is 24.3 Å². The SMILES string of the molecule is COc1ccc2[nH]c3c(c2c1)CN(C(=O)COc1c[nH]c(C)cc1=O)CC3. The summed E-state index contributed by atoms with van der Waals surface area (Å²) in [5, 5.41) is 1.07. The van der Waals surface area contributed by atoms with Gasteiger partial charge in [-0.25, -0.2) is 0 Å². The molecule has 0 spiro atoms. The van der Waals surface area contributed by atoms with Crippen LogP contribution in [0, 0.1) is 6.92 Å². The summed E-state index contributed by atoms with van der Waals surface area (Å²) >= 11 is 0. The molecule has 0 aliphatic carbocycles. The molecule has 0 atom stereocenters. The van der Waals surface area contributed by atoms with Crippen molar-refractivity contribution in [2.45, 2.75) is 19.9 Å². The molecule has 1 aromatic carbocycles. The fourth-order valence-electron chi connectivity index (χ4n) is 3.44. The molecule has 2 N–H and O–H groups in total. The zero-order valence-electron chi connectivity index (χ0n) is 15.3. The second-order valence-corrected chi connectivity index (χ2v) is 6.69. The van der Waals surface area contributed by atoms with E-state index in [0.717, 1.165) is 40.0 Å². The minimum Gasteiger partial charge on any atom is -0.497 e. The van der Waals surface area contributed by atoms with Crippen LogP contribution in [0.3, 0.4) is 0 Å². The van der Waals surface area contributed by atoms with Gasteiger partial charge in [-0.05, 0) is 25.1 Å². The van der Waals surface area contributed by atoms with Crippen molar-refractivity contribution in [3.63, 3.8) is 0 Å². The number of aromatic amines is 2. The van der Waals surface area contributed by atoms with Gasteiger partial charge in [0.2, 0.25) is 5.43 Å². The van der Waals surface area contributed by atoms with Crippen LogP contribution >= 0.6 is 0 Å². The molecular weight excluding hydrogens is 346 g/mol. The highest BCUT2D eigenvalue weighted by Gasteiger charge is 2.24. The van der Waals surface area contributed by atoms with Crippen LogP contribution < -0.4 is 14.9 Å². The van der Waals surface area contributed by atoms with Crippen LogP contribution in [-0.2, 0) is 17.8 Å². The highest BCUT2D eigenvalue weighted by atomic mass is 16.5. The molecule has 1 aliphatic rings. The van der Waals surface area contributed by atoms with Crippen molar-refractivity contribution >= 4 is 16.8 Å². The highest BCUT2D eigenvalue weighted by molar-refractivity contribution is 5.87. The van der Waals surface area contributed by atoms with Crippen molar-refractivity contribution in [3.05, 3.63) is 57.6 Å². The molecule has 0 unspecified atom stereocenters. The molecule has 7 nitrogen and oxygen atoms in total. The van der Waals surface area contributed by atoms with E-state index in [1.54, 1.807) is 18.9 Å². The van der Waals surface area contributed by atoms with Crippen molar-refractivity contribution in [1.82, 2.24) is 14.9 Å². The zero-order chi connectivity index (χ0) is 19.0. The van der Waals surface area contributed by atoms with E-state index in [1.807, 2.05) is 18.2 Å². The third-order valence-electron chi connectivity index (χ3n) is 4.91. The molecule has 0 saturated carbocycles. The number of carbonyl (C=O) groups is 1. The summed E-state index contributed by atoms with van der Waals surface area (Å²) in [5.74, 6) is 0.802. The van der Waals surface area contributed by atoms with Crippen molar-refractivity contribution in [2.75, 3.05) is 20.3 Å². The lowest BCUT2D eigenvalue weighted by molar-refractivity contribution is -0.134. The monoisotopic (exact) mass is 367 g/mol. The van der Waals surface area contributed by atoms with Crippen molar-refractivity contribution in [1.29, 1.82) is 0 Å². The second-order valence-electron chi connectivity index (χ2n) is 6.69. The predicted molar refractivity (Wildman–Crippen MR) is 101 cm³/mol. The number of benzene rings is 1. The van der Waals surface area contributed by atoms with E-state index in [9.17, 15) is 9.59 Å². The van der Waals surface area contributed by atoms with Crippen molar-refractivity contribution < 1.29 is 14.3 Å². The summed E-state index contributed by atoms with van der Waals surface area (Å²) in [6.07, 6.45) is 2.24. The molecule has 4 rings (SSSR count). The van der Waals surface area contributed by atoms with Gasteiger partial charge >= 0.3 is 0 Å². The van der Waals surface area contributed by atoms with Crippen LogP contribution in [0.1, 0.15) is 17.0 Å². The van der Waals surface area contributed by atoms with Crippen LogP contribution in [0.5, 0.6) is 11.5 Å². The quantitative estimate of drug-likeness (QED) is 0.740. The first-order valence-corrected chi connectivity index (χ1v) is 8.82. The molecule has 3 aromatic rings. The van der Waals surface area contributed by atoms with E-state index < -0.39 is 0 Å². The number of fused-ring (bicyclic) bond motifs is 3. The van der Waals surface area contributed by atoms with E-state index in [0.29, 0.717) is 13.1 Å². The molecule has 2 aromatic heterocycles. The Labute approximate surface area is 155 Å². The first-order valence-electron chi connectivity index (χ1n) is 8.82. The van der Waals surface area contributed by atoms with Gasteiger partial charge in [0.05, 0.1) is 7.11 Å². The standard InChI is InChI=1S/C20H21N3O4/c1-12-7-18(24)19(9-21-12)27-11-20(25)23-6-5-17-15(10-23)14-8-13(26-2)3-4-16(14)22-17/h3-4,7-9,22H,5-6,10-11H2,1-2H3,(H,21,24). The van der Waals surface area contributed by atoms with Crippen LogP contribution in [0.15, 0.2) is 35.3 Å². The van der Waals surface area contributed by atoms with Gasteiger partial charge in [-0.2, -0.15) is 0 Å². The van der Waals surface area contributed by atoms with Gasteiger partial charge in [0, 0.05) is 59.6 Å². The number of H-pyrrole nitrogens is 2. The summed E-state index contributed by atoms with van der Waals surface area (Å²) in [5.41, 5.74) is 3.81. The van der Waals surface area contributed by atoms with Gasteiger partial charge in [-0.3, -0.25) is 9.59 Å². The van der Waals surface area contributed by atoms with Gasteiger partial charge in [-0.15, -0.1) is 0 Å². The van der Waals surface area contributed by atoms with Crippen LogP contribution in [-0.4, -0.2) is 41.0 Å². The number of amides is 1. The Morgan fingerprint density at radius 2 is 2.15 bits per heavy atom. The number of ether oxygens (including phenoxy) is 2. The molecule has 140 valence electrons. The van der Waals surface area contributed by atoms with E-state index in [1.165, 1.54) is 12.3 Å². The molecule has 0 fully saturated rings. The number of carbonyl (C=O) groups excluding carboxylic acids is 1. The summed E-state index contributed by atoms with van der Waals surface area (Å²) in [4.78, 5) is 32.6. The number of hydrogen-bond donors (Lipinski definition) is 2. The Bertz CT molecular complexity index is 1070. The number of aromatic nitrogens is 2. The van der Waals surface area contributed by atoms with E-state index >= 15 is 0 Å². The fourth-order valence-corrected chi connectivity index (χ4v) is 3.44. The number of hydrogen-bond acceptors (Lipinski definition) is 4. The molecule has 1 aliphatic heterocycles. The normalized spacial score (nSPS) is 13.5. The maximum absolute atomic E-state index is 12.6. The topological polar surface area (TPSA) is 87.4 Å². The van der Waals surface area contributed by atoms with Crippen LogP contribution in [0.25, 0.3) is 10.9 Å². The Hall–Kier alpha value is -3.22. The number of nitrogens with zero attached hydrogens (tertiary/aromatic N) is 1. The number of rotatable bonds is 4. The van der Waals surface area contributed by atoms with Gasteiger partial charge in [-0.1, -0.05) is 0 Å². The maximum atomic E-state index is 12.6. The molecule has 1 amide bonds. The summed E-state index contributed by atoms with van der Waals surface area (Å²) in [6, 6.07) is 7.35. The first-order chi connectivity index (χ1) is 13.0. The Balaban J connectivity index is 1.50. The van der Waals surface area contributed by atoms with E-state index in [4.69, 9.17) is 9.47 Å². The van der Waals surface area contributed by atoms with Gasteiger partial charge in [0.15, 0.2) is 12.4 Å². The van der Waals surface area contributed by atoms with Gasteiger partial charge in [0.1, 0.15) is 5.75 Å². The Kier molecular flexibility index (Phi) is 4.35. The second kappa shape index (κ2) is 6.83. The average Bonchev–Trinajstić information content (AvgIpc) is 3.04. The lowest BCUT2D eigenvalue weighted by atomic mass is 10.0. The molecule has 3 heterocycles. The van der Waals surface area contributed by atoms with Crippen molar-refractivity contribution in [3.8, 4) is 11.5 Å². The zero-order valence-corrected chi connectivity index (χ0v) is 15.3. The minimum atomic E-state index is -0.233. The molecule has 7 heteroatoms. The highest BCUT2D eigenvalue weighted by Crippen LogP contribution is 2.30. The minimum absolute atomic E-state index is 0.141. The maximum Gasteiger partial charge on any atom is 0.260 e. The molecular formula is C20H21N3O4. The average molecular weight is 367 g/mol. The summed E-state index contributed by atoms with van der Waals surface area (Å²) in [7, 11) is 1.64. The van der Waals surface area contributed by atoms with E-state index in [-0.39, 0.29) is 23.7 Å². The lowest BCUT2D eigenvalue weighted by Gasteiger charge is -2.27. The number of pyridine rings is 1. The number of aryl methyl sites for hydroxylation is 1. The third-order valence-corrected chi connectivity index (χ3v) is 4.91. The number of methoxy groups -OCH3 is 1. The molecule has 27 heavy (non-hydrogen) atoms. The lowest BCUT2D eigenvalue weighted by Crippen LogP contribution is -2.39. The number of nitrogens with one attached hydrogen (secondary N) is 2. The predicted octanol–water partition coefficient (Wildman–Crippen LogP) is 2.14. The summed E-state index contributed by atoms with van der Waals surface area (Å²) < 4.78 is 10.8. The largest absolute Gasteiger partial charge is 0.497 e.